The Morgan fingerprint density at radius 1 is 1.16 bits per heavy atom. The molecule has 2 rings (SSSR count). The van der Waals surface area contributed by atoms with Gasteiger partial charge in [0.15, 0.2) is 0 Å². The van der Waals surface area contributed by atoms with Crippen molar-refractivity contribution in [2.75, 3.05) is 6.54 Å². The number of carbonyl (C=O) groups excluding carboxylic acids is 1. The van der Waals surface area contributed by atoms with Crippen LogP contribution in [-0.4, -0.2) is 24.5 Å². The molecule has 19 heavy (non-hydrogen) atoms. The number of carbonyl (C=O) groups is 1. The third-order valence-electron chi connectivity index (χ3n) is 4.62. The van der Waals surface area contributed by atoms with Gasteiger partial charge in [0.05, 0.1) is 6.04 Å². The maximum atomic E-state index is 12.0. The van der Waals surface area contributed by atoms with Crippen LogP contribution in [0.2, 0.25) is 0 Å². The molecule has 0 heterocycles. The molecule has 0 saturated heterocycles. The zero-order chi connectivity index (χ0) is 13.8. The Labute approximate surface area is 117 Å². The molecular weight excluding hydrogens is 236 g/mol. The van der Waals surface area contributed by atoms with Crippen molar-refractivity contribution in [2.24, 2.45) is 17.8 Å². The van der Waals surface area contributed by atoms with Gasteiger partial charge in [0.1, 0.15) is 0 Å². The van der Waals surface area contributed by atoms with E-state index < -0.39 is 0 Å². The lowest BCUT2D eigenvalue weighted by atomic mass is 9.97. The summed E-state index contributed by atoms with van der Waals surface area (Å²) >= 11 is 0. The predicted molar refractivity (Wildman–Crippen MR) is 78.9 cm³/mol. The van der Waals surface area contributed by atoms with Gasteiger partial charge in [0.2, 0.25) is 5.91 Å². The Morgan fingerprint density at radius 2 is 1.74 bits per heavy atom. The lowest BCUT2D eigenvalue weighted by Gasteiger charge is -2.21. The fourth-order valence-electron chi connectivity index (χ4n) is 3.05. The molecule has 2 unspecified atom stereocenters. The molecule has 0 aromatic carbocycles. The molecular formula is C16H30N2O. The number of amides is 1. The van der Waals surface area contributed by atoms with Gasteiger partial charge in [-0.1, -0.05) is 13.3 Å². The van der Waals surface area contributed by atoms with Gasteiger partial charge in [-0.05, 0) is 70.3 Å². The van der Waals surface area contributed by atoms with Crippen molar-refractivity contribution in [1.29, 1.82) is 0 Å². The van der Waals surface area contributed by atoms with Gasteiger partial charge in [0.25, 0.3) is 0 Å². The minimum absolute atomic E-state index is 0.0562. The van der Waals surface area contributed by atoms with E-state index in [1.165, 1.54) is 25.7 Å². The third kappa shape index (κ3) is 4.79. The summed E-state index contributed by atoms with van der Waals surface area (Å²) in [5, 5.41) is 6.55. The molecule has 2 atom stereocenters. The highest BCUT2D eigenvalue weighted by molar-refractivity contribution is 5.81. The Morgan fingerprint density at radius 3 is 2.21 bits per heavy atom. The van der Waals surface area contributed by atoms with E-state index >= 15 is 0 Å². The van der Waals surface area contributed by atoms with E-state index in [4.69, 9.17) is 0 Å². The summed E-state index contributed by atoms with van der Waals surface area (Å²) in [4.78, 5) is 12.0. The number of hydrogen-bond donors (Lipinski definition) is 2. The van der Waals surface area contributed by atoms with Gasteiger partial charge in [0, 0.05) is 6.04 Å². The smallest absolute Gasteiger partial charge is 0.237 e. The Balaban J connectivity index is 1.67. The molecule has 0 radical (unpaired) electrons. The minimum atomic E-state index is -0.0562. The van der Waals surface area contributed by atoms with E-state index in [-0.39, 0.29) is 11.9 Å². The largest absolute Gasteiger partial charge is 0.352 e. The summed E-state index contributed by atoms with van der Waals surface area (Å²) in [5.74, 6) is 2.90. The van der Waals surface area contributed by atoms with Gasteiger partial charge in [-0.3, -0.25) is 4.79 Å². The Bertz CT molecular complexity index is 285. The van der Waals surface area contributed by atoms with Gasteiger partial charge in [-0.2, -0.15) is 0 Å². The van der Waals surface area contributed by atoms with Crippen LogP contribution in [0.15, 0.2) is 0 Å². The van der Waals surface area contributed by atoms with Crippen LogP contribution in [0.5, 0.6) is 0 Å². The maximum absolute atomic E-state index is 12.0. The second-order valence-electron chi connectivity index (χ2n) is 6.67. The molecule has 0 aromatic heterocycles. The fraction of sp³-hybridized carbons (Fsp3) is 0.938. The molecule has 0 bridgehead atoms. The first-order valence-corrected chi connectivity index (χ1v) is 8.15. The van der Waals surface area contributed by atoms with Gasteiger partial charge >= 0.3 is 0 Å². The van der Waals surface area contributed by atoms with Crippen molar-refractivity contribution < 1.29 is 4.79 Å². The third-order valence-corrected chi connectivity index (χ3v) is 4.62. The van der Waals surface area contributed by atoms with Crippen molar-refractivity contribution in [3.8, 4) is 0 Å². The van der Waals surface area contributed by atoms with Crippen LogP contribution in [0.4, 0.5) is 0 Å². The summed E-state index contributed by atoms with van der Waals surface area (Å²) in [5.41, 5.74) is 0. The zero-order valence-corrected chi connectivity index (χ0v) is 12.7. The van der Waals surface area contributed by atoms with E-state index in [2.05, 4.69) is 24.5 Å². The summed E-state index contributed by atoms with van der Waals surface area (Å²) in [6.45, 7) is 7.27. The van der Waals surface area contributed by atoms with Crippen molar-refractivity contribution in [3.63, 3.8) is 0 Å². The van der Waals surface area contributed by atoms with Crippen LogP contribution in [0, 0.1) is 17.8 Å². The number of nitrogens with one attached hydrogen (secondary N) is 2. The summed E-state index contributed by atoms with van der Waals surface area (Å²) in [7, 11) is 0. The molecule has 3 heteroatoms. The lowest BCUT2D eigenvalue weighted by molar-refractivity contribution is -0.123. The average Bonchev–Trinajstić information content (AvgIpc) is 3.23. The molecule has 0 aromatic rings. The summed E-state index contributed by atoms with van der Waals surface area (Å²) < 4.78 is 0. The minimum Gasteiger partial charge on any atom is -0.352 e. The van der Waals surface area contributed by atoms with Crippen LogP contribution in [0.3, 0.4) is 0 Å². The summed E-state index contributed by atoms with van der Waals surface area (Å²) in [6.07, 6.45) is 7.84. The SMILES string of the molecule is CCCC(C)NC(=O)C(C)NCC(C1CC1)C1CC1. The van der Waals surface area contributed by atoms with Crippen LogP contribution < -0.4 is 10.6 Å². The molecule has 0 spiro atoms. The first kappa shape index (κ1) is 14.8. The van der Waals surface area contributed by atoms with E-state index in [1.54, 1.807) is 0 Å². The predicted octanol–water partition coefficient (Wildman–Crippen LogP) is 2.71. The molecule has 110 valence electrons. The van der Waals surface area contributed by atoms with E-state index in [1.807, 2.05) is 6.92 Å². The molecule has 2 fully saturated rings. The molecule has 3 nitrogen and oxygen atoms in total. The van der Waals surface area contributed by atoms with E-state index in [0.717, 1.165) is 37.1 Å². The van der Waals surface area contributed by atoms with Crippen LogP contribution >= 0.6 is 0 Å². The number of rotatable bonds is 9. The normalized spacial score (nSPS) is 22.3. The standard InChI is InChI=1S/C16H30N2O/c1-4-5-11(2)18-16(19)12(3)17-10-15(13-6-7-13)14-8-9-14/h11-15,17H,4-10H2,1-3H3,(H,18,19). The molecule has 2 saturated carbocycles. The van der Waals surface area contributed by atoms with E-state index in [9.17, 15) is 4.79 Å². The zero-order valence-electron chi connectivity index (χ0n) is 12.7. The van der Waals surface area contributed by atoms with E-state index in [0.29, 0.717) is 6.04 Å². The first-order chi connectivity index (χ1) is 9.11. The van der Waals surface area contributed by atoms with Crippen LogP contribution in [0.25, 0.3) is 0 Å². The Hall–Kier alpha value is -0.570. The van der Waals surface area contributed by atoms with Crippen LogP contribution in [-0.2, 0) is 4.79 Å². The lowest BCUT2D eigenvalue weighted by Crippen LogP contribution is -2.47. The van der Waals surface area contributed by atoms with Gasteiger partial charge < -0.3 is 10.6 Å². The summed E-state index contributed by atoms with van der Waals surface area (Å²) in [6, 6.07) is 0.240. The second kappa shape index (κ2) is 6.74. The fourth-order valence-corrected chi connectivity index (χ4v) is 3.05. The van der Waals surface area contributed by atoms with Gasteiger partial charge in [-0.15, -0.1) is 0 Å². The van der Waals surface area contributed by atoms with Gasteiger partial charge in [-0.25, -0.2) is 0 Å². The average molecular weight is 266 g/mol. The van der Waals surface area contributed by atoms with Crippen molar-refractivity contribution in [3.05, 3.63) is 0 Å². The maximum Gasteiger partial charge on any atom is 0.237 e. The monoisotopic (exact) mass is 266 g/mol. The highest BCUT2D eigenvalue weighted by Gasteiger charge is 2.41. The molecule has 2 aliphatic rings. The topological polar surface area (TPSA) is 41.1 Å². The molecule has 2 N–H and O–H groups in total. The molecule has 2 aliphatic carbocycles. The second-order valence-corrected chi connectivity index (χ2v) is 6.67. The van der Waals surface area contributed by atoms with Crippen molar-refractivity contribution in [1.82, 2.24) is 10.6 Å². The van der Waals surface area contributed by atoms with Crippen molar-refractivity contribution in [2.45, 2.75) is 71.4 Å². The van der Waals surface area contributed by atoms with Crippen LogP contribution in [0.1, 0.15) is 59.3 Å². The molecule has 0 aliphatic heterocycles. The molecule has 1 amide bonds. The Kier molecular flexibility index (Phi) is 5.26. The number of hydrogen-bond acceptors (Lipinski definition) is 2. The highest BCUT2D eigenvalue weighted by atomic mass is 16.2. The highest BCUT2D eigenvalue weighted by Crippen LogP contribution is 2.48. The quantitative estimate of drug-likeness (QED) is 0.674. The first-order valence-electron chi connectivity index (χ1n) is 8.15. The van der Waals surface area contributed by atoms with Crippen molar-refractivity contribution >= 4 is 5.91 Å².